The first-order chi connectivity index (χ1) is 18.3. The average Bonchev–Trinajstić information content (AvgIpc) is 3.29. The topological polar surface area (TPSA) is 88.7 Å². The van der Waals surface area contributed by atoms with Gasteiger partial charge in [0.05, 0.1) is 23.3 Å². The molecule has 7 nitrogen and oxygen atoms in total. The number of nitrogens with zero attached hydrogens (tertiary/aromatic N) is 3. The number of pyridine rings is 1. The number of anilines is 1. The molecular formula is C31H37N3O4. The highest BCUT2D eigenvalue weighted by molar-refractivity contribution is 5.80. The van der Waals surface area contributed by atoms with Crippen LogP contribution >= 0.6 is 0 Å². The smallest absolute Gasteiger partial charge is 0.309 e. The maximum absolute atomic E-state index is 11.7. The molecule has 0 radical (unpaired) electrons. The Morgan fingerprint density at radius 2 is 1.97 bits per heavy atom. The second-order valence-corrected chi connectivity index (χ2v) is 11.0. The molecule has 0 amide bonds. The minimum atomic E-state index is -0.817. The highest BCUT2D eigenvalue weighted by Gasteiger charge is 2.30. The fourth-order valence-electron chi connectivity index (χ4n) is 5.34. The minimum absolute atomic E-state index is 0.481. The third-order valence-corrected chi connectivity index (χ3v) is 7.64. The standard InChI is InChI=1S/C31H37N3O4/c1-21-26(33-29(38-21)23-13-14-28(32-20-23)34-16-5-4-6-17-34)15-18-37-27-12-8-10-24-22(9-7-11-25(24)27)19-31(2,3)30(35)36/h8-10,12-14,20H,4-7,11,15-19H2,1-3H3,(H,35,36). The van der Waals surface area contributed by atoms with E-state index in [9.17, 15) is 9.90 Å². The van der Waals surface area contributed by atoms with Gasteiger partial charge >= 0.3 is 5.97 Å². The van der Waals surface area contributed by atoms with Crippen LogP contribution in [0.1, 0.15) is 68.5 Å². The largest absolute Gasteiger partial charge is 0.493 e. The summed E-state index contributed by atoms with van der Waals surface area (Å²) >= 11 is 0. The first-order valence-electron chi connectivity index (χ1n) is 13.7. The number of benzene rings is 1. The molecule has 200 valence electrons. The van der Waals surface area contributed by atoms with Gasteiger partial charge in [-0.25, -0.2) is 9.97 Å². The zero-order valence-corrected chi connectivity index (χ0v) is 22.6. The molecule has 2 aromatic heterocycles. The average molecular weight is 516 g/mol. The van der Waals surface area contributed by atoms with Crippen molar-refractivity contribution in [2.75, 3.05) is 24.6 Å². The Balaban J connectivity index is 1.23. The summed E-state index contributed by atoms with van der Waals surface area (Å²) < 4.78 is 12.2. The summed E-state index contributed by atoms with van der Waals surface area (Å²) in [4.78, 5) is 23.4. The van der Waals surface area contributed by atoms with Gasteiger partial charge in [0.2, 0.25) is 5.89 Å². The van der Waals surface area contributed by atoms with E-state index in [1.165, 1.54) is 19.3 Å². The van der Waals surface area contributed by atoms with Crippen LogP contribution in [0.5, 0.6) is 5.75 Å². The van der Waals surface area contributed by atoms with Crippen molar-refractivity contribution < 1.29 is 19.1 Å². The number of aliphatic carboxylic acids is 1. The van der Waals surface area contributed by atoms with Gasteiger partial charge in [0.25, 0.3) is 0 Å². The van der Waals surface area contributed by atoms with Gasteiger partial charge in [-0.05, 0) is 88.6 Å². The number of allylic oxidation sites excluding steroid dienone is 2. The lowest BCUT2D eigenvalue weighted by atomic mass is 9.79. The van der Waals surface area contributed by atoms with Crippen molar-refractivity contribution in [3.63, 3.8) is 0 Å². The van der Waals surface area contributed by atoms with Crippen molar-refractivity contribution in [3.8, 4) is 17.2 Å². The summed E-state index contributed by atoms with van der Waals surface area (Å²) in [6.07, 6.45) is 10.7. The number of aromatic nitrogens is 2. The predicted octanol–water partition coefficient (Wildman–Crippen LogP) is 6.49. The van der Waals surface area contributed by atoms with E-state index < -0.39 is 11.4 Å². The van der Waals surface area contributed by atoms with E-state index in [-0.39, 0.29) is 0 Å². The summed E-state index contributed by atoms with van der Waals surface area (Å²) in [6.45, 7) is 8.10. The Labute approximate surface area is 224 Å². The van der Waals surface area contributed by atoms with Crippen LogP contribution in [0.2, 0.25) is 0 Å². The number of fused-ring (bicyclic) bond motifs is 1. The Morgan fingerprint density at radius 1 is 1.16 bits per heavy atom. The number of hydrogen-bond donors (Lipinski definition) is 1. The molecule has 0 bridgehead atoms. The second kappa shape index (κ2) is 11.0. The Morgan fingerprint density at radius 3 is 2.71 bits per heavy atom. The van der Waals surface area contributed by atoms with Gasteiger partial charge in [-0.3, -0.25) is 4.79 Å². The quantitative estimate of drug-likeness (QED) is 0.348. The lowest BCUT2D eigenvalue weighted by Crippen LogP contribution is -2.29. The van der Waals surface area contributed by atoms with Gasteiger partial charge in [-0.2, -0.15) is 0 Å². The van der Waals surface area contributed by atoms with Gasteiger partial charge < -0.3 is 19.2 Å². The number of rotatable bonds is 9. The number of carboxylic acid groups (broad SMARTS) is 1. The minimum Gasteiger partial charge on any atom is -0.493 e. The zero-order valence-electron chi connectivity index (χ0n) is 22.6. The highest BCUT2D eigenvalue weighted by atomic mass is 16.5. The van der Waals surface area contributed by atoms with Gasteiger partial charge in [0, 0.05) is 31.3 Å². The summed E-state index contributed by atoms with van der Waals surface area (Å²) in [5.74, 6) is 2.47. The summed E-state index contributed by atoms with van der Waals surface area (Å²) in [7, 11) is 0. The normalized spacial score (nSPS) is 15.7. The maximum atomic E-state index is 11.7. The van der Waals surface area contributed by atoms with E-state index in [0.29, 0.717) is 25.3 Å². The van der Waals surface area contributed by atoms with Crippen molar-refractivity contribution in [2.24, 2.45) is 5.41 Å². The molecule has 1 fully saturated rings. The van der Waals surface area contributed by atoms with Crippen LogP contribution in [0.3, 0.4) is 0 Å². The van der Waals surface area contributed by atoms with Crippen LogP contribution in [0.25, 0.3) is 17.0 Å². The molecule has 5 rings (SSSR count). The molecule has 38 heavy (non-hydrogen) atoms. The molecule has 0 atom stereocenters. The molecule has 1 aromatic carbocycles. The Bertz CT molecular complexity index is 1320. The Kier molecular flexibility index (Phi) is 7.54. The molecule has 0 unspecified atom stereocenters. The van der Waals surface area contributed by atoms with E-state index in [0.717, 1.165) is 71.2 Å². The molecule has 3 aromatic rings. The third-order valence-electron chi connectivity index (χ3n) is 7.64. The van der Waals surface area contributed by atoms with Crippen LogP contribution in [0.15, 0.2) is 47.0 Å². The van der Waals surface area contributed by atoms with Gasteiger partial charge in [0.1, 0.15) is 17.3 Å². The SMILES string of the molecule is Cc1oc(-c2ccc(N3CCCCC3)nc2)nc1CCOc1cccc2c1CCC=C2CC(C)(C)C(=O)O. The van der Waals surface area contributed by atoms with Crippen LogP contribution < -0.4 is 9.64 Å². The van der Waals surface area contributed by atoms with E-state index in [1.807, 2.05) is 31.3 Å². The van der Waals surface area contributed by atoms with Gasteiger partial charge in [-0.1, -0.05) is 18.2 Å². The summed E-state index contributed by atoms with van der Waals surface area (Å²) in [5, 5.41) is 9.59. The number of aryl methyl sites for hydroxylation is 1. The van der Waals surface area contributed by atoms with Crippen LogP contribution in [0, 0.1) is 12.3 Å². The van der Waals surface area contributed by atoms with Crippen molar-refractivity contribution in [2.45, 2.75) is 65.7 Å². The second-order valence-electron chi connectivity index (χ2n) is 11.0. The van der Waals surface area contributed by atoms with E-state index in [2.05, 4.69) is 28.1 Å². The monoisotopic (exact) mass is 515 g/mol. The van der Waals surface area contributed by atoms with Crippen LogP contribution in [-0.2, 0) is 17.6 Å². The number of carbonyl (C=O) groups is 1. The molecule has 0 spiro atoms. The summed E-state index contributed by atoms with van der Waals surface area (Å²) in [6, 6.07) is 10.2. The van der Waals surface area contributed by atoms with E-state index in [1.54, 1.807) is 13.8 Å². The van der Waals surface area contributed by atoms with Crippen molar-refractivity contribution in [3.05, 3.63) is 65.2 Å². The molecule has 1 aliphatic heterocycles. The molecule has 0 saturated carbocycles. The van der Waals surface area contributed by atoms with E-state index >= 15 is 0 Å². The number of piperidine rings is 1. The lowest BCUT2D eigenvalue weighted by Gasteiger charge is -2.27. The number of hydrogen-bond acceptors (Lipinski definition) is 6. The first-order valence-corrected chi connectivity index (χ1v) is 13.7. The third kappa shape index (κ3) is 5.62. The Hall–Kier alpha value is -3.61. The fourth-order valence-corrected chi connectivity index (χ4v) is 5.34. The number of oxazole rings is 1. The van der Waals surface area contributed by atoms with Crippen molar-refractivity contribution >= 4 is 17.4 Å². The van der Waals surface area contributed by atoms with E-state index in [4.69, 9.17) is 14.1 Å². The zero-order chi connectivity index (χ0) is 26.7. The molecule has 3 heterocycles. The highest BCUT2D eigenvalue weighted by Crippen LogP contribution is 2.39. The van der Waals surface area contributed by atoms with Crippen molar-refractivity contribution in [1.29, 1.82) is 0 Å². The fraction of sp³-hybridized carbons (Fsp3) is 0.452. The maximum Gasteiger partial charge on any atom is 0.309 e. The number of carboxylic acids is 1. The van der Waals surface area contributed by atoms with Crippen LogP contribution in [-0.4, -0.2) is 40.7 Å². The first kappa shape index (κ1) is 26.0. The summed E-state index contributed by atoms with van der Waals surface area (Å²) in [5.41, 5.74) is 4.28. The molecule has 1 aliphatic carbocycles. The molecular weight excluding hydrogens is 478 g/mol. The predicted molar refractivity (Wildman–Crippen MR) is 149 cm³/mol. The number of ether oxygens (including phenoxy) is 1. The molecule has 1 saturated heterocycles. The lowest BCUT2D eigenvalue weighted by molar-refractivity contribution is -0.146. The molecule has 1 N–H and O–H groups in total. The van der Waals surface area contributed by atoms with Gasteiger partial charge in [-0.15, -0.1) is 0 Å². The van der Waals surface area contributed by atoms with Gasteiger partial charge in [0.15, 0.2) is 0 Å². The van der Waals surface area contributed by atoms with Crippen LogP contribution in [0.4, 0.5) is 5.82 Å². The van der Waals surface area contributed by atoms with Crippen molar-refractivity contribution in [1.82, 2.24) is 9.97 Å². The molecule has 7 heteroatoms. The molecule has 2 aliphatic rings.